The van der Waals surface area contributed by atoms with E-state index in [2.05, 4.69) is 32.2 Å². The van der Waals surface area contributed by atoms with E-state index in [4.69, 9.17) is 11.6 Å². The van der Waals surface area contributed by atoms with Gasteiger partial charge in [0.2, 0.25) is 0 Å². The fourth-order valence-electron chi connectivity index (χ4n) is 3.51. The van der Waals surface area contributed by atoms with Crippen LogP contribution in [-0.2, 0) is 0 Å². The molecule has 0 radical (unpaired) electrons. The van der Waals surface area contributed by atoms with E-state index in [0.717, 1.165) is 48.6 Å². The third-order valence-corrected chi connectivity index (χ3v) is 5.38. The summed E-state index contributed by atoms with van der Waals surface area (Å²) in [7, 11) is 0. The van der Waals surface area contributed by atoms with Crippen LogP contribution in [0.15, 0.2) is 60.8 Å². The van der Waals surface area contributed by atoms with Gasteiger partial charge in [0.25, 0.3) is 5.91 Å². The van der Waals surface area contributed by atoms with Gasteiger partial charge in [-0.2, -0.15) is 0 Å². The van der Waals surface area contributed by atoms with Crippen LogP contribution in [0.3, 0.4) is 0 Å². The van der Waals surface area contributed by atoms with Crippen LogP contribution in [0.1, 0.15) is 10.4 Å². The highest BCUT2D eigenvalue weighted by molar-refractivity contribution is 6.30. The average molecular weight is 395 g/mol. The summed E-state index contributed by atoms with van der Waals surface area (Å²) in [4.78, 5) is 21.5. The Kier molecular flexibility index (Phi) is 5.74. The molecule has 1 aromatic heterocycles. The number of benzene rings is 2. The molecule has 1 aliphatic rings. The van der Waals surface area contributed by atoms with Gasteiger partial charge in [0, 0.05) is 61.6 Å². The van der Waals surface area contributed by atoms with Crippen molar-refractivity contribution in [2.75, 3.05) is 44.2 Å². The first-order valence-electron chi connectivity index (χ1n) is 9.55. The Morgan fingerprint density at radius 1 is 1.04 bits per heavy atom. The third kappa shape index (κ3) is 4.43. The summed E-state index contributed by atoms with van der Waals surface area (Å²) in [6.45, 7) is 5.40. The number of para-hydroxylation sites is 1. The lowest BCUT2D eigenvalue weighted by Crippen LogP contribution is -2.48. The first kappa shape index (κ1) is 18.7. The van der Waals surface area contributed by atoms with Crippen molar-refractivity contribution >= 4 is 34.1 Å². The number of halogens is 1. The van der Waals surface area contributed by atoms with Gasteiger partial charge in [-0.3, -0.25) is 14.7 Å². The van der Waals surface area contributed by atoms with E-state index < -0.39 is 0 Å². The zero-order valence-corrected chi connectivity index (χ0v) is 16.4. The highest BCUT2D eigenvalue weighted by Crippen LogP contribution is 2.19. The first-order valence-corrected chi connectivity index (χ1v) is 9.93. The Balaban J connectivity index is 1.24. The number of hydrogen-bond acceptors (Lipinski definition) is 4. The van der Waals surface area contributed by atoms with Gasteiger partial charge in [-0.05, 0) is 36.4 Å². The summed E-state index contributed by atoms with van der Waals surface area (Å²) in [6, 6.07) is 17.7. The number of carbonyl (C=O) groups excluding carboxylic acids is 1. The quantitative estimate of drug-likeness (QED) is 0.720. The van der Waals surface area contributed by atoms with Crippen molar-refractivity contribution in [3.8, 4) is 0 Å². The lowest BCUT2D eigenvalue weighted by Gasteiger charge is -2.36. The zero-order valence-electron chi connectivity index (χ0n) is 15.6. The summed E-state index contributed by atoms with van der Waals surface area (Å²) < 4.78 is 0. The van der Waals surface area contributed by atoms with Crippen molar-refractivity contribution in [2.24, 2.45) is 0 Å². The zero-order chi connectivity index (χ0) is 19.3. The standard InChI is InChI=1S/C22H23ClN4O/c23-19-5-7-20(8-6-19)27-13-11-26(12-14-27)10-9-24-22(28)18-15-17-3-1-2-4-21(17)25-16-18/h1-8,15-16H,9-14H2,(H,24,28). The van der Waals surface area contributed by atoms with Crippen molar-refractivity contribution in [1.82, 2.24) is 15.2 Å². The van der Waals surface area contributed by atoms with Crippen molar-refractivity contribution in [3.63, 3.8) is 0 Å². The number of aromatic nitrogens is 1. The Morgan fingerprint density at radius 2 is 1.79 bits per heavy atom. The molecule has 28 heavy (non-hydrogen) atoms. The number of nitrogens with one attached hydrogen (secondary N) is 1. The fraction of sp³-hybridized carbons (Fsp3) is 0.273. The molecule has 0 unspecified atom stereocenters. The summed E-state index contributed by atoms with van der Waals surface area (Å²) in [6.07, 6.45) is 1.64. The molecule has 1 aliphatic heterocycles. The van der Waals surface area contributed by atoms with E-state index in [-0.39, 0.29) is 5.91 Å². The number of amides is 1. The van der Waals surface area contributed by atoms with Crippen molar-refractivity contribution < 1.29 is 4.79 Å². The van der Waals surface area contributed by atoms with Gasteiger partial charge in [0.15, 0.2) is 0 Å². The molecule has 1 saturated heterocycles. The molecule has 1 fully saturated rings. The summed E-state index contributed by atoms with van der Waals surface area (Å²) in [5.41, 5.74) is 2.71. The van der Waals surface area contributed by atoms with Crippen LogP contribution in [0.2, 0.25) is 5.02 Å². The molecule has 1 N–H and O–H groups in total. The molecule has 2 aromatic carbocycles. The lowest BCUT2D eigenvalue weighted by molar-refractivity contribution is 0.0947. The Morgan fingerprint density at radius 3 is 2.57 bits per heavy atom. The summed E-state index contributed by atoms with van der Waals surface area (Å²) >= 11 is 5.96. The Labute approximate surface area is 169 Å². The number of nitrogens with zero attached hydrogens (tertiary/aromatic N) is 3. The molecule has 6 heteroatoms. The second-order valence-corrected chi connectivity index (χ2v) is 7.41. The van der Waals surface area contributed by atoms with Gasteiger partial charge in [-0.1, -0.05) is 29.8 Å². The minimum absolute atomic E-state index is 0.0712. The molecular weight excluding hydrogens is 372 g/mol. The topological polar surface area (TPSA) is 48.5 Å². The average Bonchev–Trinajstić information content (AvgIpc) is 2.74. The third-order valence-electron chi connectivity index (χ3n) is 5.13. The van der Waals surface area contributed by atoms with E-state index in [1.165, 1.54) is 5.69 Å². The molecule has 4 rings (SSSR count). The number of hydrogen-bond donors (Lipinski definition) is 1. The Hall–Kier alpha value is -2.63. The van der Waals surface area contributed by atoms with Gasteiger partial charge in [-0.25, -0.2) is 0 Å². The maximum absolute atomic E-state index is 12.4. The molecule has 1 amide bonds. The molecule has 5 nitrogen and oxygen atoms in total. The molecule has 3 aromatic rings. The highest BCUT2D eigenvalue weighted by Gasteiger charge is 2.17. The number of piperazine rings is 1. The summed E-state index contributed by atoms with van der Waals surface area (Å²) in [5, 5.41) is 4.75. The molecule has 0 aliphatic carbocycles. The minimum Gasteiger partial charge on any atom is -0.369 e. The number of rotatable bonds is 5. The highest BCUT2D eigenvalue weighted by atomic mass is 35.5. The SMILES string of the molecule is O=C(NCCN1CCN(c2ccc(Cl)cc2)CC1)c1cnc2ccccc2c1. The maximum atomic E-state index is 12.4. The lowest BCUT2D eigenvalue weighted by atomic mass is 10.1. The van der Waals surface area contributed by atoms with Crippen LogP contribution >= 0.6 is 11.6 Å². The van der Waals surface area contributed by atoms with Gasteiger partial charge in [0.05, 0.1) is 11.1 Å². The molecular formula is C22H23ClN4O. The monoisotopic (exact) mass is 394 g/mol. The largest absolute Gasteiger partial charge is 0.369 e. The minimum atomic E-state index is -0.0712. The summed E-state index contributed by atoms with van der Waals surface area (Å²) in [5.74, 6) is -0.0712. The van der Waals surface area contributed by atoms with Crippen molar-refractivity contribution in [2.45, 2.75) is 0 Å². The van der Waals surface area contributed by atoms with Crippen LogP contribution in [0, 0.1) is 0 Å². The molecule has 2 heterocycles. The maximum Gasteiger partial charge on any atom is 0.252 e. The van der Waals surface area contributed by atoms with Crippen molar-refractivity contribution in [1.29, 1.82) is 0 Å². The normalized spacial score (nSPS) is 15.0. The van der Waals surface area contributed by atoms with E-state index in [1.54, 1.807) is 6.20 Å². The van der Waals surface area contributed by atoms with E-state index in [0.29, 0.717) is 12.1 Å². The van der Waals surface area contributed by atoms with Gasteiger partial charge in [0.1, 0.15) is 0 Å². The van der Waals surface area contributed by atoms with Crippen molar-refractivity contribution in [3.05, 3.63) is 71.4 Å². The number of pyridine rings is 1. The first-order chi connectivity index (χ1) is 13.7. The second-order valence-electron chi connectivity index (χ2n) is 6.98. The van der Waals surface area contributed by atoms with Gasteiger partial charge >= 0.3 is 0 Å². The predicted octanol–water partition coefficient (Wildman–Crippen LogP) is 3.44. The molecule has 0 saturated carbocycles. The van der Waals surface area contributed by atoms with E-state index in [1.807, 2.05) is 42.5 Å². The number of carbonyl (C=O) groups is 1. The second kappa shape index (κ2) is 8.59. The number of anilines is 1. The van der Waals surface area contributed by atoms with E-state index in [9.17, 15) is 4.79 Å². The smallest absolute Gasteiger partial charge is 0.252 e. The molecule has 144 valence electrons. The molecule has 0 atom stereocenters. The Bertz CT molecular complexity index is 952. The van der Waals surface area contributed by atoms with Crippen LogP contribution in [0.25, 0.3) is 10.9 Å². The fourth-order valence-corrected chi connectivity index (χ4v) is 3.63. The van der Waals surface area contributed by atoms with Crippen LogP contribution < -0.4 is 10.2 Å². The van der Waals surface area contributed by atoms with Crippen LogP contribution in [-0.4, -0.2) is 55.1 Å². The number of fused-ring (bicyclic) bond motifs is 1. The van der Waals surface area contributed by atoms with Crippen LogP contribution in [0.4, 0.5) is 5.69 Å². The van der Waals surface area contributed by atoms with Gasteiger partial charge < -0.3 is 10.2 Å². The van der Waals surface area contributed by atoms with Crippen LogP contribution in [0.5, 0.6) is 0 Å². The van der Waals surface area contributed by atoms with Gasteiger partial charge in [-0.15, -0.1) is 0 Å². The predicted molar refractivity (Wildman–Crippen MR) is 114 cm³/mol. The molecule has 0 bridgehead atoms. The van der Waals surface area contributed by atoms with E-state index >= 15 is 0 Å². The molecule has 0 spiro atoms.